The minimum Gasteiger partial charge on any atom is -0.310 e. The molecule has 0 aromatic heterocycles. The van der Waals surface area contributed by atoms with Crippen LogP contribution in [-0.4, -0.2) is 0 Å². The Morgan fingerprint density at radius 3 is 1.35 bits per heavy atom. The van der Waals surface area contributed by atoms with Crippen LogP contribution in [0.2, 0.25) is 0 Å². The van der Waals surface area contributed by atoms with Gasteiger partial charge in [-0.15, -0.1) is 0 Å². The zero-order chi connectivity index (χ0) is 47.0. The first kappa shape index (κ1) is 40.1. The van der Waals surface area contributed by atoms with Crippen LogP contribution in [0.4, 0.5) is 17.1 Å². The Morgan fingerprint density at radius 1 is 0.254 bits per heavy atom. The summed E-state index contributed by atoms with van der Waals surface area (Å²) in [4.78, 5) is 2.57. The lowest BCUT2D eigenvalue weighted by atomic mass is 9.70. The van der Waals surface area contributed by atoms with Crippen molar-refractivity contribution in [2.45, 2.75) is 24.7 Å². The molecule has 332 valence electrons. The Balaban J connectivity index is 1.08. The Kier molecular flexibility index (Phi) is 8.40. The van der Waals surface area contributed by atoms with Gasteiger partial charge in [0.1, 0.15) is 0 Å². The van der Waals surface area contributed by atoms with E-state index in [1.807, 2.05) is 0 Å². The van der Waals surface area contributed by atoms with E-state index in [4.69, 9.17) is 0 Å². The van der Waals surface area contributed by atoms with Crippen molar-refractivity contribution in [3.8, 4) is 55.6 Å². The largest absolute Gasteiger partial charge is 0.310 e. The van der Waals surface area contributed by atoms with Gasteiger partial charge in [-0.1, -0.05) is 220 Å². The first-order valence-electron chi connectivity index (χ1n) is 25.0. The van der Waals surface area contributed by atoms with Gasteiger partial charge in [-0.2, -0.15) is 0 Å². The summed E-state index contributed by atoms with van der Waals surface area (Å²) in [5, 5.41) is 7.56. The molecule has 3 aliphatic rings. The lowest BCUT2D eigenvalue weighted by Crippen LogP contribution is -2.26. The van der Waals surface area contributed by atoms with Crippen LogP contribution in [0.15, 0.2) is 249 Å². The van der Waals surface area contributed by atoms with Crippen molar-refractivity contribution in [3.05, 3.63) is 282 Å². The molecule has 1 heteroatoms. The summed E-state index contributed by atoms with van der Waals surface area (Å²) < 4.78 is 0. The van der Waals surface area contributed by atoms with Gasteiger partial charge in [0.15, 0.2) is 0 Å². The minimum absolute atomic E-state index is 0.109. The van der Waals surface area contributed by atoms with E-state index in [9.17, 15) is 0 Å². The fourth-order valence-corrected chi connectivity index (χ4v) is 13.3. The van der Waals surface area contributed by atoms with Gasteiger partial charge >= 0.3 is 0 Å². The predicted octanol–water partition coefficient (Wildman–Crippen LogP) is 18.6. The van der Waals surface area contributed by atoms with E-state index in [0.717, 1.165) is 17.1 Å². The second-order valence-corrected chi connectivity index (χ2v) is 20.3. The second kappa shape index (κ2) is 14.9. The topological polar surface area (TPSA) is 3.24 Å². The van der Waals surface area contributed by atoms with E-state index < -0.39 is 5.41 Å². The average Bonchev–Trinajstić information content (AvgIpc) is 4.00. The standard InChI is InChI=1S/C70H47N/c1-69(2)62-31-14-10-29-56(62)60-40-46(35-38-63(60)69)58-42-61-57-30-13-17-34-66(57)70(64-32-15-11-27-54(64)55-28-12-16-33-65(55)70)67(61)43-68(58)71(47-22-18-21-45(39-47)44-19-4-3-5-20-44)48-36-37-53-51-25-7-6-23-49(51)50-24-8-9-26-52(50)59(53)41-48/h3-43H,1-2H3. The molecule has 0 heterocycles. The molecule has 71 heavy (non-hydrogen) atoms. The van der Waals surface area contributed by atoms with Crippen LogP contribution in [-0.2, 0) is 10.8 Å². The molecular formula is C70H47N. The summed E-state index contributed by atoms with van der Waals surface area (Å²) in [6, 6.07) is 94.0. The molecule has 15 rings (SSSR count). The van der Waals surface area contributed by atoms with Crippen molar-refractivity contribution in [3.63, 3.8) is 0 Å². The molecule has 0 saturated carbocycles. The fourth-order valence-electron chi connectivity index (χ4n) is 13.3. The van der Waals surface area contributed by atoms with Gasteiger partial charge in [0.05, 0.1) is 11.1 Å². The third-order valence-corrected chi connectivity index (χ3v) is 16.4. The molecule has 0 bridgehead atoms. The SMILES string of the molecule is CC1(C)c2ccccc2-c2cc(-c3cc4c(cc3N(c3cccc(-c5ccccc5)c3)c3ccc5c6ccccc6c6ccccc6c5c3)C3(c5ccccc5-c5ccccc53)c3ccccc3-4)ccc21. The van der Waals surface area contributed by atoms with E-state index in [1.165, 1.54) is 121 Å². The third kappa shape index (κ3) is 5.52. The maximum Gasteiger partial charge on any atom is 0.0726 e. The first-order chi connectivity index (χ1) is 35.0. The van der Waals surface area contributed by atoms with Gasteiger partial charge in [0.25, 0.3) is 0 Å². The van der Waals surface area contributed by atoms with E-state index in [0.29, 0.717) is 0 Å². The van der Waals surface area contributed by atoms with Crippen LogP contribution in [0.5, 0.6) is 0 Å². The first-order valence-corrected chi connectivity index (χ1v) is 25.0. The van der Waals surface area contributed by atoms with Crippen LogP contribution >= 0.6 is 0 Å². The van der Waals surface area contributed by atoms with E-state index in [1.54, 1.807) is 0 Å². The normalized spacial score (nSPS) is 14.0. The molecule has 1 nitrogen and oxygen atoms in total. The third-order valence-electron chi connectivity index (χ3n) is 16.4. The van der Waals surface area contributed by atoms with Crippen LogP contribution in [0.1, 0.15) is 47.2 Å². The summed E-state index contributed by atoms with van der Waals surface area (Å²) in [5.74, 6) is 0. The van der Waals surface area contributed by atoms with Crippen LogP contribution in [0.25, 0.3) is 88.0 Å². The van der Waals surface area contributed by atoms with E-state index in [-0.39, 0.29) is 5.41 Å². The van der Waals surface area contributed by atoms with Crippen molar-refractivity contribution >= 4 is 49.4 Å². The smallest absolute Gasteiger partial charge is 0.0726 e. The molecule has 0 saturated heterocycles. The van der Waals surface area contributed by atoms with E-state index in [2.05, 4.69) is 267 Å². The number of hydrogen-bond acceptors (Lipinski definition) is 1. The highest BCUT2D eigenvalue weighted by atomic mass is 15.1. The maximum atomic E-state index is 2.59. The molecule has 0 aliphatic heterocycles. The number of rotatable bonds is 5. The molecule has 1 spiro atoms. The Bertz CT molecular complexity index is 4130. The molecule has 0 amide bonds. The van der Waals surface area contributed by atoms with Gasteiger partial charge < -0.3 is 4.90 Å². The quantitative estimate of drug-likeness (QED) is 0.156. The number of benzene rings is 12. The summed E-state index contributed by atoms with van der Waals surface area (Å²) >= 11 is 0. The monoisotopic (exact) mass is 901 g/mol. The Labute approximate surface area is 414 Å². The van der Waals surface area contributed by atoms with Crippen LogP contribution < -0.4 is 4.90 Å². The number of fused-ring (bicyclic) bond motifs is 19. The molecule has 0 N–H and O–H groups in total. The van der Waals surface area contributed by atoms with Gasteiger partial charge in [-0.05, 0) is 158 Å². The molecule has 0 radical (unpaired) electrons. The van der Waals surface area contributed by atoms with Gasteiger partial charge in [-0.3, -0.25) is 0 Å². The maximum absolute atomic E-state index is 2.59. The zero-order valence-electron chi connectivity index (χ0n) is 39.6. The highest BCUT2D eigenvalue weighted by molar-refractivity contribution is 6.26. The number of nitrogens with zero attached hydrogens (tertiary/aromatic N) is 1. The molecule has 0 unspecified atom stereocenters. The Morgan fingerprint density at radius 2 is 0.718 bits per heavy atom. The van der Waals surface area contributed by atoms with E-state index >= 15 is 0 Å². The van der Waals surface area contributed by atoms with Crippen LogP contribution in [0, 0.1) is 0 Å². The molecule has 0 atom stereocenters. The summed E-state index contributed by atoms with van der Waals surface area (Å²) in [7, 11) is 0. The number of anilines is 3. The van der Waals surface area contributed by atoms with Crippen molar-refractivity contribution in [2.24, 2.45) is 0 Å². The molecule has 12 aromatic carbocycles. The fraction of sp³-hybridized carbons (Fsp3) is 0.0571. The lowest BCUT2D eigenvalue weighted by Gasteiger charge is -2.33. The molecule has 3 aliphatic carbocycles. The second-order valence-electron chi connectivity index (χ2n) is 20.3. The van der Waals surface area contributed by atoms with Crippen LogP contribution in [0.3, 0.4) is 0 Å². The molecular weight excluding hydrogens is 855 g/mol. The summed E-state index contributed by atoms with van der Waals surface area (Å²) in [6.07, 6.45) is 0. The highest BCUT2D eigenvalue weighted by Crippen LogP contribution is 2.64. The number of hydrogen-bond donors (Lipinski definition) is 0. The highest BCUT2D eigenvalue weighted by Gasteiger charge is 2.52. The van der Waals surface area contributed by atoms with Gasteiger partial charge in [0.2, 0.25) is 0 Å². The lowest BCUT2D eigenvalue weighted by molar-refractivity contribution is 0.660. The van der Waals surface area contributed by atoms with Gasteiger partial charge in [-0.25, -0.2) is 0 Å². The Hall–Kier alpha value is -8.78. The molecule has 0 fully saturated rings. The summed E-state index contributed by atoms with van der Waals surface area (Å²) in [6.45, 7) is 4.75. The summed E-state index contributed by atoms with van der Waals surface area (Å²) in [5.41, 5.74) is 23.3. The zero-order valence-corrected chi connectivity index (χ0v) is 39.6. The minimum atomic E-state index is -0.524. The van der Waals surface area contributed by atoms with Crippen molar-refractivity contribution in [1.82, 2.24) is 0 Å². The van der Waals surface area contributed by atoms with Crippen molar-refractivity contribution in [2.75, 3.05) is 4.90 Å². The van der Waals surface area contributed by atoms with Crippen molar-refractivity contribution < 1.29 is 0 Å². The van der Waals surface area contributed by atoms with Gasteiger partial charge in [0, 0.05) is 22.4 Å². The van der Waals surface area contributed by atoms with Crippen molar-refractivity contribution in [1.29, 1.82) is 0 Å². The predicted molar refractivity (Wildman–Crippen MR) is 298 cm³/mol. The average molecular weight is 902 g/mol. The molecule has 12 aromatic rings.